The molecule has 94 valence electrons. The van der Waals surface area contributed by atoms with E-state index in [1.54, 1.807) is 4.90 Å². The molecule has 0 radical (unpaired) electrons. The van der Waals surface area contributed by atoms with Gasteiger partial charge in [-0.15, -0.1) is 0 Å². The fourth-order valence-corrected chi connectivity index (χ4v) is 2.34. The first-order chi connectivity index (χ1) is 7.35. The molecule has 0 heterocycles. The van der Waals surface area contributed by atoms with Crippen molar-refractivity contribution in [2.75, 3.05) is 18.6 Å². The summed E-state index contributed by atoms with van der Waals surface area (Å²) in [4.78, 5) is 13.6. The van der Waals surface area contributed by atoms with Gasteiger partial charge in [0, 0.05) is 18.8 Å². The van der Waals surface area contributed by atoms with Crippen LogP contribution >= 0.6 is 0 Å². The fourth-order valence-electron chi connectivity index (χ4n) is 1.66. The number of hydrogen-bond donors (Lipinski definition) is 1. The first-order valence-corrected chi connectivity index (χ1v) is 7.65. The molecule has 1 unspecified atom stereocenters. The van der Waals surface area contributed by atoms with Gasteiger partial charge in [-0.1, -0.05) is 0 Å². The minimum Gasteiger partial charge on any atom is -0.339 e. The smallest absolute Gasteiger partial charge is 0.239 e. The van der Waals surface area contributed by atoms with Crippen LogP contribution < -0.4 is 5.73 Å². The molecule has 1 fully saturated rings. The van der Waals surface area contributed by atoms with Crippen LogP contribution in [0.1, 0.15) is 26.2 Å². The number of nitrogens with two attached hydrogens (primary N) is 1. The van der Waals surface area contributed by atoms with Crippen molar-refractivity contribution in [3.05, 3.63) is 0 Å². The number of carbonyl (C=O) groups is 1. The molecular formula is C10H20N2O3S. The largest absolute Gasteiger partial charge is 0.339 e. The highest BCUT2D eigenvalue weighted by molar-refractivity contribution is 7.90. The Morgan fingerprint density at radius 3 is 2.44 bits per heavy atom. The summed E-state index contributed by atoms with van der Waals surface area (Å²) in [6, 6.07) is -0.350. The summed E-state index contributed by atoms with van der Waals surface area (Å²) < 4.78 is 21.9. The molecule has 1 amide bonds. The fraction of sp³-hybridized carbons (Fsp3) is 0.900. The van der Waals surface area contributed by atoms with Crippen molar-refractivity contribution in [1.29, 1.82) is 0 Å². The van der Waals surface area contributed by atoms with E-state index in [0.29, 0.717) is 12.6 Å². The molecule has 1 aliphatic carbocycles. The summed E-state index contributed by atoms with van der Waals surface area (Å²) in [5.41, 5.74) is 5.71. The molecule has 0 aliphatic heterocycles. The summed E-state index contributed by atoms with van der Waals surface area (Å²) in [6.45, 7) is 2.57. The van der Waals surface area contributed by atoms with Crippen molar-refractivity contribution in [2.45, 2.75) is 38.3 Å². The molecule has 1 atom stereocenters. The van der Waals surface area contributed by atoms with E-state index in [-0.39, 0.29) is 18.1 Å². The van der Waals surface area contributed by atoms with Gasteiger partial charge in [-0.3, -0.25) is 4.79 Å². The average Bonchev–Trinajstić information content (AvgIpc) is 2.98. The van der Waals surface area contributed by atoms with Gasteiger partial charge in [-0.2, -0.15) is 0 Å². The zero-order valence-corrected chi connectivity index (χ0v) is 10.7. The molecule has 6 heteroatoms. The van der Waals surface area contributed by atoms with Crippen molar-refractivity contribution in [3.63, 3.8) is 0 Å². The van der Waals surface area contributed by atoms with Gasteiger partial charge in [-0.05, 0) is 26.2 Å². The predicted molar refractivity (Wildman–Crippen MR) is 62.7 cm³/mol. The average molecular weight is 248 g/mol. The van der Waals surface area contributed by atoms with Gasteiger partial charge >= 0.3 is 0 Å². The Labute approximate surface area is 96.9 Å². The van der Waals surface area contributed by atoms with E-state index in [1.807, 2.05) is 6.92 Å². The number of likely N-dealkylation sites (N-methyl/N-ethyl adjacent to an activating group) is 1. The predicted octanol–water partition coefficient (Wildman–Crippen LogP) is -0.241. The van der Waals surface area contributed by atoms with E-state index in [9.17, 15) is 13.2 Å². The van der Waals surface area contributed by atoms with E-state index in [2.05, 4.69) is 0 Å². The second-order valence-electron chi connectivity index (χ2n) is 4.38. The number of nitrogens with zero attached hydrogens (tertiary/aromatic N) is 1. The van der Waals surface area contributed by atoms with E-state index in [1.165, 1.54) is 0 Å². The molecule has 16 heavy (non-hydrogen) atoms. The molecule has 2 N–H and O–H groups in total. The molecule has 1 aliphatic rings. The maximum Gasteiger partial charge on any atom is 0.239 e. The molecule has 0 saturated heterocycles. The second-order valence-corrected chi connectivity index (χ2v) is 6.64. The Kier molecular flexibility index (Phi) is 4.32. The molecule has 0 spiro atoms. The highest BCUT2D eigenvalue weighted by Gasteiger charge is 2.33. The first-order valence-electron chi connectivity index (χ1n) is 5.59. The maximum atomic E-state index is 11.9. The summed E-state index contributed by atoms with van der Waals surface area (Å²) in [5.74, 6) is -0.143. The van der Waals surface area contributed by atoms with Gasteiger partial charge in [0.1, 0.15) is 9.84 Å². The third-order valence-electron chi connectivity index (χ3n) is 2.73. The lowest BCUT2D eigenvalue weighted by Gasteiger charge is -2.23. The van der Waals surface area contributed by atoms with E-state index in [4.69, 9.17) is 5.73 Å². The number of carbonyl (C=O) groups excluding carboxylic acids is 1. The van der Waals surface area contributed by atoms with Gasteiger partial charge in [0.25, 0.3) is 0 Å². The van der Waals surface area contributed by atoms with Gasteiger partial charge in [0.2, 0.25) is 5.91 Å². The Hall–Kier alpha value is -0.620. The van der Waals surface area contributed by atoms with Crippen LogP contribution in [0, 0.1) is 0 Å². The minimum atomic E-state index is -3.04. The van der Waals surface area contributed by atoms with Crippen molar-refractivity contribution < 1.29 is 13.2 Å². The minimum absolute atomic E-state index is 0.0257. The van der Waals surface area contributed by atoms with Crippen molar-refractivity contribution in [1.82, 2.24) is 4.90 Å². The molecule has 0 bridgehead atoms. The summed E-state index contributed by atoms with van der Waals surface area (Å²) in [7, 11) is -3.04. The lowest BCUT2D eigenvalue weighted by molar-refractivity contribution is -0.133. The number of rotatable bonds is 6. The normalized spacial score (nSPS) is 18.2. The Balaban J connectivity index is 2.46. The van der Waals surface area contributed by atoms with Crippen LogP contribution in [0.4, 0.5) is 0 Å². The SMILES string of the molecule is CCN(C(=O)C(N)CCS(C)(=O)=O)C1CC1. The monoisotopic (exact) mass is 248 g/mol. The second kappa shape index (κ2) is 5.14. The van der Waals surface area contributed by atoms with Gasteiger partial charge < -0.3 is 10.6 Å². The zero-order valence-electron chi connectivity index (χ0n) is 9.85. The molecule has 0 aromatic rings. The standard InChI is InChI=1S/C10H20N2O3S/c1-3-12(8-4-5-8)10(13)9(11)6-7-16(2,14)15/h8-9H,3-7,11H2,1-2H3. The molecule has 1 rings (SSSR count). The van der Waals surface area contributed by atoms with Crippen molar-refractivity contribution in [3.8, 4) is 0 Å². The topological polar surface area (TPSA) is 80.5 Å². The Morgan fingerprint density at radius 2 is 2.06 bits per heavy atom. The molecule has 1 saturated carbocycles. The van der Waals surface area contributed by atoms with Crippen molar-refractivity contribution >= 4 is 15.7 Å². The van der Waals surface area contributed by atoms with Gasteiger partial charge in [0.05, 0.1) is 11.8 Å². The van der Waals surface area contributed by atoms with Gasteiger partial charge in [0.15, 0.2) is 0 Å². The van der Waals surface area contributed by atoms with E-state index in [0.717, 1.165) is 19.1 Å². The Morgan fingerprint density at radius 1 is 1.50 bits per heavy atom. The lowest BCUT2D eigenvalue weighted by atomic mass is 10.2. The molecule has 0 aromatic heterocycles. The first kappa shape index (κ1) is 13.4. The zero-order chi connectivity index (χ0) is 12.3. The summed E-state index contributed by atoms with van der Waals surface area (Å²) >= 11 is 0. The van der Waals surface area contributed by atoms with Crippen LogP contribution in [0.3, 0.4) is 0 Å². The molecule has 0 aromatic carbocycles. The highest BCUT2D eigenvalue weighted by atomic mass is 32.2. The third-order valence-corrected chi connectivity index (χ3v) is 3.71. The van der Waals surface area contributed by atoms with E-state index >= 15 is 0 Å². The van der Waals surface area contributed by atoms with Crippen LogP contribution in [0.15, 0.2) is 0 Å². The quantitative estimate of drug-likeness (QED) is 0.703. The van der Waals surface area contributed by atoms with Crippen LogP contribution in [0.25, 0.3) is 0 Å². The lowest BCUT2D eigenvalue weighted by Crippen LogP contribution is -2.45. The van der Waals surface area contributed by atoms with E-state index < -0.39 is 15.9 Å². The highest BCUT2D eigenvalue weighted by Crippen LogP contribution is 2.27. The van der Waals surface area contributed by atoms with Crippen LogP contribution in [0.2, 0.25) is 0 Å². The third kappa shape index (κ3) is 4.09. The molecule has 5 nitrogen and oxygen atoms in total. The van der Waals surface area contributed by atoms with Gasteiger partial charge in [-0.25, -0.2) is 8.42 Å². The number of sulfone groups is 1. The number of hydrogen-bond acceptors (Lipinski definition) is 4. The molecular weight excluding hydrogens is 228 g/mol. The summed E-state index contributed by atoms with van der Waals surface area (Å²) in [6.07, 6.45) is 3.44. The van der Waals surface area contributed by atoms with Crippen LogP contribution in [-0.2, 0) is 14.6 Å². The van der Waals surface area contributed by atoms with Crippen molar-refractivity contribution in [2.24, 2.45) is 5.73 Å². The Bertz CT molecular complexity index is 349. The maximum absolute atomic E-state index is 11.9. The summed E-state index contributed by atoms with van der Waals surface area (Å²) in [5, 5.41) is 0. The van der Waals surface area contributed by atoms with Crippen LogP contribution in [0.5, 0.6) is 0 Å². The number of amides is 1. The van der Waals surface area contributed by atoms with Crippen LogP contribution in [-0.4, -0.2) is 49.9 Å².